The van der Waals surface area contributed by atoms with Crippen molar-refractivity contribution in [2.45, 2.75) is 6.54 Å². The van der Waals surface area contributed by atoms with Gasteiger partial charge in [-0.2, -0.15) is 0 Å². The van der Waals surface area contributed by atoms with Gasteiger partial charge in [-0.25, -0.2) is 0 Å². The van der Waals surface area contributed by atoms with E-state index in [-0.39, 0.29) is 39.6 Å². The molecule has 34 heavy (non-hydrogen) atoms. The van der Waals surface area contributed by atoms with Gasteiger partial charge >= 0.3 is 0 Å². The Labute approximate surface area is 208 Å². The molecule has 0 spiro atoms. The lowest BCUT2D eigenvalue weighted by atomic mass is 10.1. The summed E-state index contributed by atoms with van der Waals surface area (Å²) in [5, 5.41) is 17.3. The third-order valence-electron chi connectivity index (χ3n) is 4.90. The summed E-state index contributed by atoms with van der Waals surface area (Å²) < 4.78 is 19.9. The van der Waals surface area contributed by atoms with E-state index in [0.717, 1.165) is 5.56 Å². The number of aromatic hydroxyl groups is 1. The molecule has 0 radical (unpaired) electrons. The number of nitrogens with one attached hydrogen (secondary N) is 2. The third kappa shape index (κ3) is 5.23. The zero-order chi connectivity index (χ0) is 24.2. The summed E-state index contributed by atoms with van der Waals surface area (Å²) in [6, 6.07) is 19.2. The molecule has 0 aliphatic rings. The van der Waals surface area contributed by atoms with E-state index in [2.05, 4.69) is 19.4 Å². The fraction of sp³-hybridized carbons (Fsp3) is 0.0870. The van der Waals surface area contributed by atoms with Crippen LogP contribution in [0.15, 0.2) is 66.7 Å². The van der Waals surface area contributed by atoms with Crippen molar-refractivity contribution >= 4 is 63.3 Å². The maximum atomic E-state index is 13.0. The van der Waals surface area contributed by atoms with E-state index in [1.165, 1.54) is 11.0 Å². The molecule has 1 heterocycles. The summed E-state index contributed by atoms with van der Waals surface area (Å²) in [6.07, 6.45) is 0. The predicted octanol–water partition coefficient (Wildman–Crippen LogP) is 5.98. The molecule has 0 aliphatic carbocycles. The van der Waals surface area contributed by atoms with E-state index in [1.807, 2.05) is 30.3 Å². The van der Waals surface area contributed by atoms with Crippen molar-refractivity contribution in [2.24, 2.45) is 0 Å². The van der Waals surface area contributed by atoms with Crippen LogP contribution in [0, 0.1) is 0 Å². The first kappa shape index (κ1) is 23.8. The van der Waals surface area contributed by atoms with Crippen LogP contribution < -0.4 is 10.6 Å². The molecule has 4 aromatic rings. The summed E-state index contributed by atoms with van der Waals surface area (Å²) in [6.45, 7) is 0.379. The van der Waals surface area contributed by atoms with Crippen molar-refractivity contribution in [3.8, 4) is 5.75 Å². The van der Waals surface area contributed by atoms with Gasteiger partial charge in [-0.1, -0.05) is 65.7 Å². The smallest absolute Gasteiger partial charge is 0.257 e. The van der Waals surface area contributed by atoms with Crippen molar-refractivity contribution in [1.29, 1.82) is 0 Å². The van der Waals surface area contributed by atoms with E-state index in [1.54, 1.807) is 37.4 Å². The van der Waals surface area contributed by atoms with Crippen LogP contribution in [0.4, 0.5) is 23.0 Å². The lowest BCUT2D eigenvalue weighted by molar-refractivity contribution is 0.0782. The van der Waals surface area contributed by atoms with E-state index in [0.29, 0.717) is 17.3 Å². The summed E-state index contributed by atoms with van der Waals surface area (Å²) in [5.74, 6) is -0.390. The molecule has 8 nitrogen and oxygen atoms in total. The number of phenols is 1. The number of amides is 1. The number of nitrogens with zero attached hydrogens (tertiary/aromatic N) is 3. The van der Waals surface area contributed by atoms with Crippen LogP contribution in [0.1, 0.15) is 15.9 Å². The van der Waals surface area contributed by atoms with Crippen molar-refractivity contribution in [3.05, 3.63) is 87.9 Å². The fourth-order valence-corrected chi connectivity index (χ4v) is 4.20. The molecule has 0 saturated heterocycles. The van der Waals surface area contributed by atoms with E-state index in [4.69, 9.17) is 23.2 Å². The Kier molecular flexibility index (Phi) is 7.18. The Bertz CT molecular complexity index is 1330. The van der Waals surface area contributed by atoms with E-state index >= 15 is 0 Å². The topological polar surface area (TPSA) is 113 Å². The summed E-state index contributed by atoms with van der Waals surface area (Å²) in [7, 11) is 1.66. The maximum Gasteiger partial charge on any atom is 0.257 e. The van der Waals surface area contributed by atoms with Crippen LogP contribution in [-0.2, 0) is 6.54 Å². The van der Waals surface area contributed by atoms with Gasteiger partial charge in [0.05, 0.1) is 27.0 Å². The minimum atomic E-state index is -1.87. The fourth-order valence-electron chi connectivity index (χ4n) is 3.23. The van der Waals surface area contributed by atoms with Gasteiger partial charge in [-0.05, 0) is 29.8 Å². The molecule has 174 valence electrons. The molecule has 1 unspecified atom stereocenters. The monoisotopic (exact) mass is 515 g/mol. The number of phenolic OH excluding ortho intramolecular Hbond substituents is 1. The number of hydrogen-bond donors (Lipinski definition) is 3. The number of hydrogen-bond acceptors (Lipinski definition) is 7. The van der Waals surface area contributed by atoms with Gasteiger partial charge in [0.15, 0.2) is 16.9 Å². The van der Waals surface area contributed by atoms with Crippen LogP contribution in [0.3, 0.4) is 0 Å². The second kappa shape index (κ2) is 10.3. The van der Waals surface area contributed by atoms with Crippen LogP contribution in [0.5, 0.6) is 5.75 Å². The molecular weight excluding hydrogens is 497 g/mol. The number of carbonyl (C=O) groups excluding carboxylic acids is 1. The van der Waals surface area contributed by atoms with E-state index in [9.17, 15) is 14.5 Å². The third-order valence-corrected chi connectivity index (χ3v) is 6.39. The van der Waals surface area contributed by atoms with Gasteiger partial charge < -0.3 is 25.2 Å². The highest BCUT2D eigenvalue weighted by Crippen LogP contribution is 2.37. The molecule has 0 aliphatic heterocycles. The second-order valence-corrected chi connectivity index (χ2v) is 8.92. The molecule has 4 rings (SSSR count). The Morgan fingerprint density at radius 3 is 2.29 bits per heavy atom. The lowest BCUT2D eigenvalue weighted by Gasteiger charge is -2.19. The Hall–Kier alpha value is -3.37. The number of rotatable bonds is 7. The molecular formula is C23H19Cl2N5O3S. The zero-order valence-electron chi connectivity index (χ0n) is 17.8. The van der Waals surface area contributed by atoms with Crippen LogP contribution in [-0.4, -0.2) is 36.3 Å². The summed E-state index contributed by atoms with van der Waals surface area (Å²) in [5.41, 5.74) is 1.70. The van der Waals surface area contributed by atoms with Crippen LogP contribution in [0.2, 0.25) is 10.0 Å². The number of aromatic nitrogens is 2. The maximum absolute atomic E-state index is 13.0. The average molecular weight is 516 g/mol. The molecule has 0 saturated carbocycles. The lowest BCUT2D eigenvalue weighted by Crippen LogP contribution is -2.26. The Balaban J connectivity index is 1.57. The molecule has 11 heteroatoms. The molecule has 1 aromatic heterocycles. The summed E-state index contributed by atoms with van der Waals surface area (Å²) in [4.78, 5) is 14.5. The zero-order valence-corrected chi connectivity index (χ0v) is 20.2. The highest BCUT2D eigenvalue weighted by atomic mass is 35.5. The molecule has 0 bridgehead atoms. The van der Waals surface area contributed by atoms with Gasteiger partial charge in [-0.3, -0.25) is 4.79 Å². The SMILES string of the molecule is CN(Cc1ccccc1)C(=O)c1cccc(Nc2n[s+]([O-])nc2Nc2cccc(Cl)c2Cl)c1O. The van der Waals surface area contributed by atoms with Crippen LogP contribution >= 0.6 is 34.3 Å². The number of carbonyl (C=O) groups is 1. The highest BCUT2D eigenvalue weighted by molar-refractivity contribution is 7.14. The van der Waals surface area contributed by atoms with Crippen molar-refractivity contribution in [1.82, 2.24) is 13.6 Å². The Morgan fingerprint density at radius 1 is 0.971 bits per heavy atom. The average Bonchev–Trinajstić information content (AvgIpc) is 3.17. The van der Waals surface area contributed by atoms with Gasteiger partial charge in [0.2, 0.25) is 11.6 Å². The largest absolute Gasteiger partial charge is 0.546 e. The molecule has 0 fully saturated rings. The van der Waals surface area contributed by atoms with E-state index < -0.39 is 11.1 Å². The molecule has 3 N–H and O–H groups in total. The first-order valence-corrected chi connectivity index (χ1v) is 11.8. The first-order valence-electron chi connectivity index (χ1n) is 10.0. The van der Waals surface area contributed by atoms with Gasteiger partial charge in [0.1, 0.15) is 0 Å². The normalized spacial score (nSPS) is 11.2. The number of benzene rings is 3. The first-order chi connectivity index (χ1) is 16.3. The minimum Gasteiger partial charge on any atom is -0.546 e. The van der Waals surface area contributed by atoms with Gasteiger partial charge in [0, 0.05) is 22.3 Å². The number of anilines is 4. The van der Waals surface area contributed by atoms with Crippen molar-refractivity contribution in [2.75, 3.05) is 17.7 Å². The number of para-hydroxylation sites is 1. The quantitative estimate of drug-likeness (QED) is 0.205. The van der Waals surface area contributed by atoms with Gasteiger partial charge in [-0.15, -0.1) is 0 Å². The Morgan fingerprint density at radius 2 is 1.59 bits per heavy atom. The standard InChI is InChI=1S/C23H19Cl2N5O3S/c1-30(13-14-7-3-2-4-8-14)23(32)15-9-5-12-18(20(15)31)27-22-21(28-34(33)29-22)26-17-11-6-10-16(24)19(17)25/h2-12,31H,13H2,1H3,(H,26,28)(H,27,29). The highest BCUT2D eigenvalue weighted by Gasteiger charge is 2.22. The van der Waals surface area contributed by atoms with Crippen LogP contribution in [0.25, 0.3) is 0 Å². The molecule has 1 amide bonds. The van der Waals surface area contributed by atoms with Gasteiger partial charge in [0.25, 0.3) is 5.91 Å². The second-order valence-electron chi connectivity index (χ2n) is 7.31. The number of halogens is 2. The predicted molar refractivity (Wildman–Crippen MR) is 134 cm³/mol. The molecule has 1 atom stereocenters. The van der Waals surface area contributed by atoms with Crippen molar-refractivity contribution < 1.29 is 14.5 Å². The summed E-state index contributed by atoms with van der Waals surface area (Å²) >= 11 is 10.4. The minimum absolute atomic E-state index is 0.104. The van der Waals surface area contributed by atoms with Crippen molar-refractivity contribution in [3.63, 3.8) is 0 Å². The molecule has 3 aromatic carbocycles.